The monoisotopic (exact) mass is 411 g/mol. The lowest BCUT2D eigenvalue weighted by Gasteiger charge is -2.11. The van der Waals surface area contributed by atoms with Gasteiger partial charge in [0, 0.05) is 25.9 Å². The molecule has 156 valence electrons. The maximum atomic E-state index is 14.7. The summed E-state index contributed by atoms with van der Waals surface area (Å²) < 4.78 is 30.7. The van der Waals surface area contributed by atoms with Gasteiger partial charge in [0.2, 0.25) is 5.89 Å². The second kappa shape index (κ2) is 8.60. The van der Waals surface area contributed by atoms with E-state index in [2.05, 4.69) is 20.1 Å². The summed E-state index contributed by atoms with van der Waals surface area (Å²) in [5.41, 5.74) is 8.52. The van der Waals surface area contributed by atoms with Gasteiger partial charge in [-0.25, -0.2) is 9.37 Å². The van der Waals surface area contributed by atoms with Crippen molar-refractivity contribution < 1.29 is 18.4 Å². The molecule has 0 radical (unpaired) electrons. The van der Waals surface area contributed by atoms with Gasteiger partial charge in [-0.2, -0.15) is 4.98 Å². The van der Waals surface area contributed by atoms with Gasteiger partial charge in [-0.1, -0.05) is 11.2 Å². The Morgan fingerprint density at radius 1 is 1.27 bits per heavy atom. The highest BCUT2D eigenvalue weighted by Gasteiger charge is 2.17. The zero-order chi connectivity index (χ0) is 21.1. The van der Waals surface area contributed by atoms with Crippen LogP contribution in [0.25, 0.3) is 11.0 Å². The van der Waals surface area contributed by atoms with E-state index < -0.39 is 11.9 Å². The summed E-state index contributed by atoms with van der Waals surface area (Å²) >= 11 is 0. The van der Waals surface area contributed by atoms with E-state index in [0.717, 1.165) is 10.9 Å². The number of aromatic nitrogens is 4. The van der Waals surface area contributed by atoms with Crippen LogP contribution >= 0.6 is 0 Å². The van der Waals surface area contributed by atoms with Gasteiger partial charge in [0.15, 0.2) is 17.4 Å². The van der Waals surface area contributed by atoms with E-state index in [-0.39, 0.29) is 5.75 Å². The molecule has 4 rings (SSSR count). The van der Waals surface area contributed by atoms with Gasteiger partial charge in [0.1, 0.15) is 11.4 Å². The van der Waals surface area contributed by atoms with E-state index in [4.69, 9.17) is 19.7 Å². The molecule has 1 atom stereocenters. The molecule has 3 N–H and O–H groups in total. The number of nitrogens with two attached hydrogens (primary N) is 1. The second-order valence-electron chi connectivity index (χ2n) is 6.97. The number of hydrogen-bond acceptors (Lipinski definition) is 7. The van der Waals surface area contributed by atoms with E-state index in [1.165, 1.54) is 6.07 Å². The van der Waals surface area contributed by atoms with Crippen LogP contribution in [0.3, 0.4) is 0 Å². The average molecular weight is 411 g/mol. The number of fused-ring (bicyclic) bond motifs is 1. The summed E-state index contributed by atoms with van der Waals surface area (Å²) in [6.07, 6.45) is 4.34. The topological polar surface area (TPSA) is 112 Å². The first-order chi connectivity index (χ1) is 14.5. The van der Waals surface area contributed by atoms with Crippen molar-refractivity contribution in [1.29, 1.82) is 0 Å². The van der Waals surface area contributed by atoms with Crippen molar-refractivity contribution in [2.45, 2.75) is 25.8 Å². The molecule has 0 fully saturated rings. The fourth-order valence-corrected chi connectivity index (χ4v) is 3.20. The van der Waals surface area contributed by atoms with Crippen LogP contribution in [0, 0.1) is 12.7 Å². The number of aromatic amines is 1. The van der Waals surface area contributed by atoms with Gasteiger partial charge < -0.3 is 24.7 Å². The zero-order valence-corrected chi connectivity index (χ0v) is 16.7. The Morgan fingerprint density at radius 3 is 2.93 bits per heavy atom. The van der Waals surface area contributed by atoms with Crippen LogP contribution in [-0.2, 0) is 17.6 Å². The van der Waals surface area contributed by atoms with Gasteiger partial charge in [-0.15, -0.1) is 0 Å². The minimum atomic E-state index is -0.540. The lowest BCUT2D eigenvalue weighted by Crippen LogP contribution is -2.14. The number of nitrogens with one attached hydrogen (secondary N) is 1. The first-order valence-electron chi connectivity index (χ1n) is 9.51. The number of rotatable bonds is 8. The first kappa shape index (κ1) is 20.0. The van der Waals surface area contributed by atoms with Gasteiger partial charge in [-0.05, 0) is 42.7 Å². The molecule has 9 heteroatoms. The number of aryl methyl sites for hydroxylation is 1. The van der Waals surface area contributed by atoms with E-state index in [0.29, 0.717) is 48.1 Å². The molecule has 3 aromatic heterocycles. The van der Waals surface area contributed by atoms with Crippen LogP contribution < -0.4 is 10.5 Å². The molecule has 0 spiro atoms. The molecule has 0 saturated heterocycles. The number of nitrogens with zero attached hydrogens (tertiary/aromatic N) is 3. The molecule has 0 amide bonds. The van der Waals surface area contributed by atoms with Gasteiger partial charge in [0.05, 0.1) is 18.0 Å². The summed E-state index contributed by atoms with van der Waals surface area (Å²) in [5, 5.41) is 4.70. The number of benzene rings is 1. The van der Waals surface area contributed by atoms with Gasteiger partial charge in [-0.3, -0.25) is 0 Å². The maximum Gasteiger partial charge on any atom is 0.243 e. The van der Waals surface area contributed by atoms with Gasteiger partial charge in [0.25, 0.3) is 0 Å². The van der Waals surface area contributed by atoms with Crippen LogP contribution in [0.15, 0.2) is 41.2 Å². The number of methoxy groups -OCH3 is 1. The molecular formula is C21H22FN5O3. The lowest BCUT2D eigenvalue weighted by atomic mass is 10.1. The van der Waals surface area contributed by atoms with Crippen molar-refractivity contribution >= 4 is 11.0 Å². The molecule has 4 aromatic rings. The molecule has 0 bridgehead atoms. The fraction of sp³-hybridized carbons (Fsp3) is 0.286. The number of H-pyrrole nitrogens is 1. The maximum absolute atomic E-state index is 14.7. The summed E-state index contributed by atoms with van der Waals surface area (Å²) in [7, 11) is 1.60. The van der Waals surface area contributed by atoms with E-state index >= 15 is 0 Å². The molecular weight excluding hydrogens is 389 g/mol. The van der Waals surface area contributed by atoms with Crippen molar-refractivity contribution in [1.82, 2.24) is 20.1 Å². The molecule has 8 nitrogen and oxygen atoms in total. The number of ether oxygens (including phenoxy) is 2. The molecule has 0 aliphatic heterocycles. The minimum absolute atomic E-state index is 0.125. The first-order valence-corrected chi connectivity index (χ1v) is 9.51. The number of hydrogen-bond donors (Lipinski definition) is 2. The second-order valence-corrected chi connectivity index (χ2v) is 6.97. The Kier molecular flexibility index (Phi) is 5.73. The largest absolute Gasteiger partial charge is 0.453 e. The summed E-state index contributed by atoms with van der Waals surface area (Å²) in [6.45, 7) is 2.43. The molecule has 0 unspecified atom stereocenters. The minimum Gasteiger partial charge on any atom is -0.453 e. The van der Waals surface area contributed by atoms with Crippen molar-refractivity contribution in [2.75, 3.05) is 13.7 Å². The van der Waals surface area contributed by atoms with Crippen molar-refractivity contribution in [2.24, 2.45) is 5.73 Å². The Labute approximate surface area is 172 Å². The summed E-state index contributed by atoms with van der Waals surface area (Å²) in [4.78, 5) is 11.6. The normalized spacial score (nSPS) is 12.4. The molecule has 0 saturated carbocycles. The summed E-state index contributed by atoms with van der Waals surface area (Å²) in [5.74, 6) is 1.02. The Morgan fingerprint density at radius 2 is 2.13 bits per heavy atom. The molecule has 3 heterocycles. The van der Waals surface area contributed by atoms with Crippen LogP contribution in [0.4, 0.5) is 4.39 Å². The van der Waals surface area contributed by atoms with Gasteiger partial charge >= 0.3 is 0 Å². The number of halogens is 1. The Hall–Kier alpha value is -3.30. The van der Waals surface area contributed by atoms with Crippen LogP contribution in [0.1, 0.15) is 28.9 Å². The SMILES string of the molecule is COCCc1noc([C@@H](N)Cc2ccc(Oc3ccnc4[nH]cc(C)c34)c(F)c2)n1. The third-order valence-corrected chi connectivity index (χ3v) is 4.74. The highest BCUT2D eigenvalue weighted by molar-refractivity contribution is 5.86. The Balaban J connectivity index is 1.47. The van der Waals surface area contributed by atoms with Crippen LogP contribution in [0.5, 0.6) is 11.5 Å². The van der Waals surface area contributed by atoms with Crippen LogP contribution in [-0.4, -0.2) is 33.8 Å². The lowest BCUT2D eigenvalue weighted by molar-refractivity contribution is 0.199. The van der Waals surface area contributed by atoms with Crippen molar-refractivity contribution in [3.8, 4) is 11.5 Å². The third-order valence-electron chi connectivity index (χ3n) is 4.74. The van der Waals surface area contributed by atoms with E-state index in [1.54, 1.807) is 31.5 Å². The highest BCUT2D eigenvalue weighted by Crippen LogP contribution is 2.32. The zero-order valence-electron chi connectivity index (χ0n) is 16.7. The highest BCUT2D eigenvalue weighted by atomic mass is 19.1. The standard InChI is InChI=1S/C21H22FN5O3/c1-12-11-25-20-19(12)17(5-7-24-20)29-16-4-3-13(9-14(16)22)10-15(23)21-26-18(27-30-21)6-8-28-2/h3-5,7,9,11,15H,6,8,10,23H2,1-2H3,(H,24,25)/t15-/m0/s1. The van der Waals surface area contributed by atoms with Crippen molar-refractivity contribution in [3.63, 3.8) is 0 Å². The van der Waals surface area contributed by atoms with Crippen molar-refractivity contribution in [3.05, 3.63) is 65.3 Å². The quantitative estimate of drug-likeness (QED) is 0.455. The van der Waals surface area contributed by atoms with Crippen LogP contribution in [0.2, 0.25) is 0 Å². The predicted octanol–water partition coefficient (Wildman–Crippen LogP) is 3.62. The van der Waals surface area contributed by atoms with E-state index in [1.807, 2.05) is 13.1 Å². The molecule has 30 heavy (non-hydrogen) atoms. The fourth-order valence-electron chi connectivity index (χ4n) is 3.20. The number of pyridine rings is 1. The molecule has 1 aromatic carbocycles. The summed E-state index contributed by atoms with van der Waals surface area (Å²) in [6, 6.07) is 5.93. The van der Waals surface area contributed by atoms with E-state index in [9.17, 15) is 4.39 Å². The predicted molar refractivity (Wildman–Crippen MR) is 108 cm³/mol. The molecule has 0 aliphatic rings. The third kappa shape index (κ3) is 4.17. The smallest absolute Gasteiger partial charge is 0.243 e. The average Bonchev–Trinajstić information content (AvgIpc) is 3.36. The molecule has 0 aliphatic carbocycles. The Bertz CT molecular complexity index is 1160.